The number of nitrogens with zero attached hydrogens (tertiary/aromatic N) is 4. The molecule has 5 rings (SSSR count). The van der Waals surface area contributed by atoms with Gasteiger partial charge in [-0.2, -0.15) is 0 Å². The molecule has 0 unspecified atom stereocenters. The van der Waals surface area contributed by atoms with Crippen LogP contribution in [0.25, 0.3) is 10.8 Å². The molecule has 0 radical (unpaired) electrons. The molecule has 0 spiro atoms. The normalized spacial score (nSPS) is 12.5. The predicted octanol–water partition coefficient (Wildman–Crippen LogP) is 4.91. The molecule has 1 aliphatic heterocycles. The van der Waals surface area contributed by atoms with Crippen LogP contribution in [-0.2, 0) is 0 Å². The van der Waals surface area contributed by atoms with Crippen molar-refractivity contribution < 1.29 is 24.2 Å². The van der Waals surface area contributed by atoms with E-state index in [4.69, 9.17) is 0 Å². The van der Waals surface area contributed by atoms with Gasteiger partial charge in [0, 0.05) is 47.4 Å². The third kappa shape index (κ3) is 4.57. The van der Waals surface area contributed by atoms with Crippen LogP contribution >= 0.6 is 0 Å². The Bertz CT molecular complexity index is 1630. The van der Waals surface area contributed by atoms with Crippen LogP contribution in [0.1, 0.15) is 36.6 Å². The second-order valence-corrected chi connectivity index (χ2v) is 9.02. The molecule has 11 nitrogen and oxygen atoms in total. The number of hydrogen-bond acceptors (Lipinski definition) is 7. The second kappa shape index (κ2) is 9.78. The molecule has 4 aromatic carbocycles. The molecular weight excluding hydrogens is 504 g/mol. The largest absolute Gasteiger partial charge is 0.307 e. The maximum Gasteiger partial charge on any atom is 0.277 e. The van der Waals surface area contributed by atoms with Gasteiger partial charge in [-0.3, -0.25) is 39.5 Å². The van der Waals surface area contributed by atoms with E-state index in [1.807, 2.05) is 12.1 Å². The minimum absolute atomic E-state index is 0.158. The highest BCUT2D eigenvalue weighted by Gasteiger charge is 2.33. The summed E-state index contributed by atoms with van der Waals surface area (Å²) < 4.78 is 0. The number of rotatable bonds is 7. The fourth-order valence-electron chi connectivity index (χ4n) is 4.71. The molecule has 1 heterocycles. The highest BCUT2D eigenvalue weighted by atomic mass is 16.6. The molecule has 0 atom stereocenters. The van der Waals surface area contributed by atoms with E-state index in [2.05, 4.69) is 0 Å². The molecule has 11 heteroatoms. The van der Waals surface area contributed by atoms with Crippen LogP contribution in [0.4, 0.5) is 17.1 Å². The van der Waals surface area contributed by atoms with Gasteiger partial charge in [0.25, 0.3) is 29.1 Å². The highest BCUT2D eigenvalue weighted by Crippen LogP contribution is 2.31. The summed E-state index contributed by atoms with van der Waals surface area (Å²) in [5.41, 5.74) is 0.444. The van der Waals surface area contributed by atoms with Gasteiger partial charge >= 0.3 is 0 Å². The molecular formula is C28H20N4O7. The van der Waals surface area contributed by atoms with E-state index < -0.39 is 38.9 Å². The average molecular weight is 524 g/mol. The molecule has 0 aliphatic carbocycles. The minimum atomic E-state index is -0.816. The van der Waals surface area contributed by atoms with Crippen LogP contribution in [0.15, 0.2) is 78.9 Å². The van der Waals surface area contributed by atoms with Gasteiger partial charge in [0.05, 0.1) is 21.5 Å². The van der Waals surface area contributed by atoms with Crippen LogP contribution in [0.2, 0.25) is 0 Å². The number of amides is 3. The molecule has 4 aromatic rings. The monoisotopic (exact) mass is 524 g/mol. The fraction of sp³-hybridized carbons (Fsp3) is 0.107. The summed E-state index contributed by atoms with van der Waals surface area (Å²) in [5, 5.41) is 24.1. The van der Waals surface area contributed by atoms with E-state index in [9.17, 15) is 34.6 Å². The van der Waals surface area contributed by atoms with Gasteiger partial charge in [-0.25, -0.2) is 0 Å². The molecule has 0 bridgehead atoms. The summed E-state index contributed by atoms with van der Waals surface area (Å²) in [6.45, 7) is 1.47. The Morgan fingerprint density at radius 3 is 1.92 bits per heavy atom. The first-order valence-corrected chi connectivity index (χ1v) is 11.9. The maximum absolute atomic E-state index is 13.7. The van der Waals surface area contributed by atoms with Crippen LogP contribution in [0.5, 0.6) is 0 Å². The zero-order valence-corrected chi connectivity index (χ0v) is 20.6. The van der Waals surface area contributed by atoms with Crippen LogP contribution in [0, 0.1) is 27.2 Å². The van der Waals surface area contributed by atoms with Crippen LogP contribution in [-0.4, -0.2) is 45.6 Å². The number of carbonyl (C=O) groups excluding carboxylic acids is 3. The van der Waals surface area contributed by atoms with Crippen molar-refractivity contribution >= 4 is 45.6 Å². The molecule has 1 aliphatic rings. The van der Waals surface area contributed by atoms with Gasteiger partial charge in [0.15, 0.2) is 0 Å². The number of carbonyl (C=O) groups is 3. The second-order valence-electron chi connectivity index (χ2n) is 9.02. The molecule has 0 saturated heterocycles. The molecule has 0 N–H and O–H groups in total. The Hall–Kier alpha value is -5.45. The van der Waals surface area contributed by atoms with E-state index in [-0.39, 0.29) is 18.7 Å². The maximum atomic E-state index is 13.7. The summed E-state index contributed by atoms with van der Waals surface area (Å²) in [6.07, 6.45) is 0. The van der Waals surface area contributed by atoms with Gasteiger partial charge < -0.3 is 4.90 Å². The van der Waals surface area contributed by atoms with Gasteiger partial charge in [-0.15, -0.1) is 0 Å². The zero-order chi connectivity index (χ0) is 27.8. The van der Waals surface area contributed by atoms with Gasteiger partial charge in [0.1, 0.15) is 0 Å². The van der Waals surface area contributed by atoms with E-state index in [0.717, 1.165) is 34.0 Å². The number of nitro groups is 2. The molecule has 194 valence electrons. The minimum Gasteiger partial charge on any atom is -0.307 e. The van der Waals surface area contributed by atoms with Crippen molar-refractivity contribution in [3.05, 3.63) is 121 Å². The summed E-state index contributed by atoms with van der Waals surface area (Å²) in [4.78, 5) is 63.8. The predicted molar refractivity (Wildman–Crippen MR) is 142 cm³/mol. The SMILES string of the molecule is Cc1cccc(N(CCN2C(=O)c3cccc4cccc(c34)C2=O)C(=O)c2cc([N+](=O)[O-])cc([N+](=O)[O-])c2)c1. The van der Waals surface area contributed by atoms with Crippen molar-refractivity contribution in [1.82, 2.24) is 4.90 Å². The first kappa shape index (κ1) is 25.2. The lowest BCUT2D eigenvalue weighted by Crippen LogP contribution is -2.46. The van der Waals surface area contributed by atoms with Gasteiger partial charge in [-0.05, 0) is 42.1 Å². The Balaban J connectivity index is 1.52. The van der Waals surface area contributed by atoms with Crippen molar-refractivity contribution in [2.24, 2.45) is 0 Å². The fourth-order valence-corrected chi connectivity index (χ4v) is 4.71. The van der Waals surface area contributed by atoms with Crippen molar-refractivity contribution in [1.29, 1.82) is 0 Å². The van der Waals surface area contributed by atoms with Crippen LogP contribution in [0.3, 0.4) is 0 Å². The Morgan fingerprint density at radius 2 is 1.38 bits per heavy atom. The lowest BCUT2D eigenvalue weighted by molar-refractivity contribution is -0.394. The van der Waals surface area contributed by atoms with Gasteiger partial charge in [-0.1, -0.05) is 36.4 Å². The summed E-state index contributed by atoms with van der Waals surface area (Å²) in [7, 11) is 0. The molecule has 3 amide bonds. The lowest BCUT2D eigenvalue weighted by atomic mass is 9.94. The van der Waals surface area contributed by atoms with Crippen molar-refractivity contribution in [3.8, 4) is 0 Å². The number of imide groups is 1. The quantitative estimate of drug-likeness (QED) is 0.190. The van der Waals surface area contributed by atoms with E-state index >= 15 is 0 Å². The highest BCUT2D eigenvalue weighted by molar-refractivity contribution is 6.25. The summed E-state index contributed by atoms with van der Waals surface area (Å²) >= 11 is 0. The molecule has 0 aromatic heterocycles. The van der Waals surface area contributed by atoms with Crippen LogP contribution < -0.4 is 4.90 Å². The lowest BCUT2D eigenvalue weighted by Gasteiger charge is -2.30. The number of non-ortho nitro benzene ring substituents is 2. The number of anilines is 1. The van der Waals surface area contributed by atoms with Crippen molar-refractivity contribution in [3.63, 3.8) is 0 Å². The Labute approximate surface area is 221 Å². The zero-order valence-electron chi connectivity index (χ0n) is 20.6. The first-order valence-electron chi connectivity index (χ1n) is 11.9. The Morgan fingerprint density at radius 1 is 0.821 bits per heavy atom. The molecule has 0 fully saturated rings. The van der Waals surface area contributed by atoms with E-state index in [1.165, 1.54) is 4.90 Å². The number of aryl methyl sites for hydroxylation is 1. The third-order valence-corrected chi connectivity index (χ3v) is 6.53. The molecule has 39 heavy (non-hydrogen) atoms. The summed E-state index contributed by atoms with van der Waals surface area (Å²) in [5.74, 6) is -1.77. The summed E-state index contributed by atoms with van der Waals surface area (Å²) in [6, 6.07) is 19.9. The number of hydrogen-bond donors (Lipinski definition) is 0. The number of benzene rings is 4. The van der Waals surface area contributed by atoms with Gasteiger partial charge in [0.2, 0.25) is 0 Å². The van der Waals surface area contributed by atoms with E-state index in [0.29, 0.717) is 22.2 Å². The van der Waals surface area contributed by atoms with Crippen molar-refractivity contribution in [2.45, 2.75) is 6.92 Å². The molecule has 0 saturated carbocycles. The average Bonchev–Trinajstić information content (AvgIpc) is 2.92. The first-order chi connectivity index (χ1) is 18.7. The smallest absolute Gasteiger partial charge is 0.277 e. The van der Waals surface area contributed by atoms with Crippen molar-refractivity contribution in [2.75, 3.05) is 18.0 Å². The topological polar surface area (TPSA) is 144 Å². The standard InChI is InChI=1S/C28H20N4O7/c1-17-5-2-8-20(13-17)29(26(33)19-14-21(31(36)37)16-22(15-19)32(38)39)11-12-30-27(34)23-9-3-6-18-7-4-10-24(25(18)23)28(30)35/h2-10,13-16H,11-12H2,1H3. The van der Waals surface area contributed by atoms with E-state index in [1.54, 1.807) is 55.5 Å². The Kier molecular flexibility index (Phi) is 6.32. The number of nitro benzene ring substituents is 2. The third-order valence-electron chi connectivity index (χ3n) is 6.53.